The van der Waals surface area contributed by atoms with Crippen LogP contribution in [0.15, 0.2) is 0 Å². The fourth-order valence-corrected chi connectivity index (χ4v) is 0.232. The summed E-state index contributed by atoms with van der Waals surface area (Å²) in [5, 5.41) is 0. The Kier molecular flexibility index (Phi) is 6.20. The summed E-state index contributed by atoms with van der Waals surface area (Å²) in [6, 6.07) is 0. The fourth-order valence-electron chi connectivity index (χ4n) is 0.232. The molecule has 0 atom stereocenters. The molecule has 0 radical (unpaired) electrons. The van der Waals surface area contributed by atoms with Crippen molar-refractivity contribution in [1.82, 2.24) is 0 Å². The topological polar surface area (TPSA) is 52.3 Å². The van der Waals surface area contributed by atoms with Gasteiger partial charge in [-0.3, -0.25) is 0 Å². The van der Waals surface area contributed by atoms with Gasteiger partial charge in [0.2, 0.25) is 0 Å². The quantitative estimate of drug-likeness (QED) is 0.587. The zero-order valence-electron chi connectivity index (χ0n) is 4.88. The van der Waals surface area contributed by atoms with Gasteiger partial charge in [0.1, 0.15) is 0 Å². The number of halogens is 1. The second-order valence-electron chi connectivity index (χ2n) is 1.49. The molecule has 3 nitrogen and oxygen atoms in total. The zero-order valence-corrected chi connectivity index (χ0v) is 5.70. The molecule has 0 unspecified atom stereocenters. The smallest absolute Gasteiger partial charge is 0.404 e. The van der Waals surface area contributed by atoms with Crippen LogP contribution >= 0.6 is 12.4 Å². The Bertz CT molecular complexity index is 74.4. The average Bonchev–Trinajstić information content (AvgIpc) is 1.27. The lowest BCUT2D eigenvalue weighted by Crippen LogP contribution is -2.17. The molecule has 8 heavy (non-hydrogen) atoms. The number of carbonyl (C=O) groups is 1. The molecule has 0 bridgehead atoms. The van der Waals surface area contributed by atoms with E-state index in [0.29, 0.717) is 0 Å². The zero-order chi connectivity index (χ0) is 5.86. The first kappa shape index (κ1) is 10.5. The molecule has 0 fully saturated rings. The molecular formula is C4H10ClNO2. The van der Waals surface area contributed by atoms with Crippen molar-refractivity contribution >= 4 is 18.5 Å². The van der Waals surface area contributed by atoms with Gasteiger partial charge in [0.05, 0.1) is 6.10 Å². The molecule has 0 aromatic rings. The van der Waals surface area contributed by atoms with Crippen LogP contribution < -0.4 is 5.73 Å². The van der Waals surface area contributed by atoms with Crippen LogP contribution in [0.5, 0.6) is 0 Å². The van der Waals surface area contributed by atoms with Crippen LogP contribution in [-0.2, 0) is 4.74 Å². The number of hydrogen-bond acceptors (Lipinski definition) is 2. The number of amides is 1. The highest BCUT2D eigenvalue weighted by atomic mass is 35.5. The van der Waals surface area contributed by atoms with Gasteiger partial charge in [0.25, 0.3) is 0 Å². The maximum Gasteiger partial charge on any atom is 0.404 e. The normalized spacial score (nSPS) is 7.88. The first-order valence-electron chi connectivity index (χ1n) is 2.09. The summed E-state index contributed by atoms with van der Waals surface area (Å²) in [4.78, 5) is 9.81. The van der Waals surface area contributed by atoms with Crippen molar-refractivity contribution in [2.24, 2.45) is 5.73 Å². The summed E-state index contributed by atoms with van der Waals surface area (Å²) in [6.45, 7) is 3.48. The standard InChI is InChI=1S/C4H9NO2.ClH/c1-3(2)7-4(5)6;/h3H,1-2H3,(H2,5,6);1H. The average molecular weight is 140 g/mol. The predicted molar refractivity (Wildman–Crippen MR) is 33.1 cm³/mol. The van der Waals surface area contributed by atoms with E-state index in [0.717, 1.165) is 0 Å². The number of nitrogens with two attached hydrogens (primary N) is 1. The van der Waals surface area contributed by atoms with Crippen LogP contribution in [0.4, 0.5) is 4.79 Å². The van der Waals surface area contributed by atoms with E-state index in [-0.39, 0.29) is 18.5 Å². The lowest BCUT2D eigenvalue weighted by atomic mass is 10.5. The summed E-state index contributed by atoms with van der Waals surface area (Å²) in [7, 11) is 0. The summed E-state index contributed by atoms with van der Waals surface area (Å²) >= 11 is 0. The largest absolute Gasteiger partial charge is 0.447 e. The maximum absolute atomic E-state index is 9.81. The molecule has 0 saturated heterocycles. The Labute approximate surface area is 54.6 Å². The summed E-state index contributed by atoms with van der Waals surface area (Å²) in [5.74, 6) is 0. The van der Waals surface area contributed by atoms with Gasteiger partial charge in [0, 0.05) is 0 Å². The highest BCUT2D eigenvalue weighted by Gasteiger charge is 1.94. The van der Waals surface area contributed by atoms with Gasteiger partial charge < -0.3 is 10.5 Å². The van der Waals surface area contributed by atoms with Gasteiger partial charge in [-0.1, -0.05) is 0 Å². The number of ether oxygens (including phenoxy) is 1. The molecule has 0 heterocycles. The SMILES string of the molecule is CC(C)OC(N)=O.Cl. The molecule has 0 spiro atoms. The van der Waals surface area contributed by atoms with E-state index in [1.807, 2.05) is 0 Å². The van der Waals surface area contributed by atoms with Crippen molar-refractivity contribution in [2.75, 3.05) is 0 Å². The van der Waals surface area contributed by atoms with Gasteiger partial charge in [-0.25, -0.2) is 4.79 Å². The minimum atomic E-state index is -0.713. The molecule has 0 rings (SSSR count). The van der Waals surface area contributed by atoms with E-state index in [9.17, 15) is 4.79 Å². The highest BCUT2D eigenvalue weighted by molar-refractivity contribution is 5.85. The summed E-state index contributed by atoms with van der Waals surface area (Å²) < 4.78 is 4.39. The van der Waals surface area contributed by atoms with E-state index in [4.69, 9.17) is 0 Å². The Morgan fingerprint density at radius 2 is 2.00 bits per heavy atom. The third-order valence-electron chi connectivity index (χ3n) is 0.352. The van der Waals surface area contributed by atoms with Crippen molar-refractivity contribution in [3.63, 3.8) is 0 Å². The molecule has 2 N–H and O–H groups in total. The van der Waals surface area contributed by atoms with Crippen LogP contribution in [0.25, 0.3) is 0 Å². The number of hydrogen-bond donors (Lipinski definition) is 1. The van der Waals surface area contributed by atoms with Gasteiger partial charge in [-0.15, -0.1) is 12.4 Å². The minimum Gasteiger partial charge on any atom is -0.447 e. The molecule has 0 aromatic heterocycles. The van der Waals surface area contributed by atoms with Crippen molar-refractivity contribution in [1.29, 1.82) is 0 Å². The van der Waals surface area contributed by atoms with Crippen LogP contribution in [0.3, 0.4) is 0 Å². The molecule has 1 amide bonds. The molecular weight excluding hydrogens is 130 g/mol. The first-order chi connectivity index (χ1) is 3.13. The highest BCUT2D eigenvalue weighted by Crippen LogP contribution is 1.83. The van der Waals surface area contributed by atoms with E-state index < -0.39 is 6.09 Å². The van der Waals surface area contributed by atoms with E-state index in [2.05, 4.69) is 10.5 Å². The van der Waals surface area contributed by atoms with Gasteiger partial charge >= 0.3 is 6.09 Å². The van der Waals surface area contributed by atoms with E-state index in [1.165, 1.54) is 0 Å². The van der Waals surface area contributed by atoms with Crippen LogP contribution in [0.2, 0.25) is 0 Å². The maximum atomic E-state index is 9.81. The molecule has 0 aliphatic rings. The Balaban J connectivity index is 0. The molecule has 4 heteroatoms. The second kappa shape index (κ2) is 4.71. The lowest BCUT2D eigenvalue weighted by Gasteiger charge is -2.01. The number of carbonyl (C=O) groups excluding carboxylic acids is 1. The monoisotopic (exact) mass is 139 g/mol. The summed E-state index contributed by atoms with van der Waals surface area (Å²) in [5.41, 5.74) is 4.63. The van der Waals surface area contributed by atoms with Crippen molar-refractivity contribution in [3.8, 4) is 0 Å². The molecule has 0 saturated carbocycles. The van der Waals surface area contributed by atoms with Gasteiger partial charge in [-0.05, 0) is 13.8 Å². The number of rotatable bonds is 1. The molecule has 0 aliphatic heterocycles. The lowest BCUT2D eigenvalue weighted by molar-refractivity contribution is 0.125. The summed E-state index contributed by atoms with van der Waals surface area (Å²) in [6.07, 6.45) is -0.813. The first-order valence-corrected chi connectivity index (χ1v) is 2.09. The van der Waals surface area contributed by atoms with Crippen LogP contribution in [-0.4, -0.2) is 12.2 Å². The Morgan fingerprint density at radius 3 is 2.00 bits per heavy atom. The predicted octanol–water partition coefficient (Wildman–Crippen LogP) is 0.912. The van der Waals surface area contributed by atoms with Crippen LogP contribution in [0, 0.1) is 0 Å². The van der Waals surface area contributed by atoms with E-state index in [1.54, 1.807) is 13.8 Å². The minimum absolute atomic E-state index is 0. The van der Waals surface area contributed by atoms with Crippen molar-refractivity contribution < 1.29 is 9.53 Å². The number of primary amides is 1. The Morgan fingerprint density at radius 1 is 1.62 bits per heavy atom. The van der Waals surface area contributed by atoms with Crippen LogP contribution in [0.1, 0.15) is 13.8 Å². The van der Waals surface area contributed by atoms with E-state index >= 15 is 0 Å². The van der Waals surface area contributed by atoms with Gasteiger partial charge in [0.15, 0.2) is 0 Å². The van der Waals surface area contributed by atoms with Gasteiger partial charge in [-0.2, -0.15) is 0 Å². The second-order valence-corrected chi connectivity index (χ2v) is 1.49. The molecule has 0 aliphatic carbocycles. The van der Waals surface area contributed by atoms with Crippen molar-refractivity contribution in [2.45, 2.75) is 20.0 Å². The third kappa shape index (κ3) is 9.12. The molecule has 0 aromatic carbocycles. The van der Waals surface area contributed by atoms with Crippen molar-refractivity contribution in [3.05, 3.63) is 0 Å². The fraction of sp³-hybridized carbons (Fsp3) is 0.750. The third-order valence-corrected chi connectivity index (χ3v) is 0.352. The Hall–Kier alpha value is -0.440. The molecule has 50 valence electrons.